The topological polar surface area (TPSA) is 96.3 Å². The van der Waals surface area contributed by atoms with E-state index in [0.29, 0.717) is 35.8 Å². The van der Waals surface area contributed by atoms with E-state index in [-0.39, 0.29) is 5.91 Å². The van der Waals surface area contributed by atoms with Gasteiger partial charge >= 0.3 is 0 Å². The Morgan fingerprint density at radius 1 is 1.07 bits per heavy atom. The van der Waals surface area contributed by atoms with Gasteiger partial charge in [0.05, 0.1) is 25.3 Å². The van der Waals surface area contributed by atoms with Gasteiger partial charge in [-0.15, -0.1) is 0 Å². The van der Waals surface area contributed by atoms with Gasteiger partial charge in [0.15, 0.2) is 0 Å². The summed E-state index contributed by atoms with van der Waals surface area (Å²) in [5.74, 6) is 1.84. The third-order valence-corrected chi connectivity index (χ3v) is 4.03. The van der Waals surface area contributed by atoms with Gasteiger partial charge in [-0.25, -0.2) is 4.98 Å². The largest absolute Gasteiger partial charge is 0.497 e. The molecule has 0 fully saturated rings. The Labute approximate surface area is 168 Å². The molecule has 0 unspecified atom stereocenters. The number of carbonyl (C=O) groups excluding carboxylic acids is 1. The first-order valence-corrected chi connectivity index (χ1v) is 8.96. The van der Waals surface area contributed by atoms with Crippen LogP contribution < -0.4 is 20.1 Å². The second-order valence-electron chi connectivity index (χ2n) is 6.02. The number of nitrogens with one attached hydrogen (secondary N) is 2. The molecule has 0 saturated carbocycles. The first kappa shape index (κ1) is 19.7. The summed E-state index contributed by atoms with van der Waals surface area (Å²) in [6, 6.07) is 19.4. The minimum atomic E-state index is -0.255. The van der Waals surface area contributed by atoms with Crippen molar-refractivity contribution < 1.29 is 14.3 Å². The number of anilines is 2. The number of nitrogens with zero attached hydrogens (tertiary/aromatic N) is 2. The van der Waals surface area contributed by atoms with Crippen LogP contribution in [0.4, 0.5) is 11.5 Å². The lowest BCUT2D eigenvalue weighted by molar-refractivity contribution is 0.102. The van der Waals surface area contributed by atoms with E-state index >= 15 is 0 Å². The first-order valence-electron chi connectivity index (χ1n) is 8.96. The molecule has 1 aromatic heterocycles. The first-order chi connectivity index (χ1) is 14.2. The van der Waals surface area contributed by atoms with Gasteiger partial charge in [-0.1, -0.05) is 0 Å². The molecule has 1 heterocycles. The molecule has 1 amide bonds. The highest BCUT2D eigenvalue weighted by Crippen LogP contribution is 2.17. The summed E-state index contributed by atoms with van der Waals surface area (Å²) in [5, 5.41) is 14.8. The number of pyridine rings is 1. The van der Waals surface area contributed by atoms with Crippen molar-refractivity contribution in [2.24, 2.45) is 0 Å². The van der Waals surface area contributed by atoms with Crippen LogP contribution in [0.2, 0.25) is 0 Å². The van der Waals surface area contributed by atoms with Gasteiger partial charge in [-0.05, 0) is 60.7 Å². The van der Waals surface area contributed by atoms with E-state index in [1.165, 1.54) is 0 Å². The van der Waals surface area contributed by atoms with Crippen molar-refractivity contribution in [3.05, 3.63) is 78.0 Å². The summed E-state index contributed by atoms with van der Waals surface area (Å²) >= 11 is 0. The summed E-state index contributed by atoms with van der Waals surface area (Å²) in [7, 11) is 1.62. The minimum Gasteiger partial charge on any atom is -0.497 e. The monoisotopic (exact) mass is 388 g/mol. The smallest absolute Gasteiger partial charge is 0.255 e. The van der Waals surface area contributed by atoms with E-state index in [2.05, 4.69) is 15.6 Å². The quantitative estimate of drug-likeness (QED) is 0.571. The number of hydrogen-bond donors (Lipinski definition) is 2. The Balaban J connectivity index is 1.50. The van der Waals surface area contributed by atoms with Gasteiger partial charge in [0, 0.05) is 17.4 Å². The zero-order chi connectivity index (χ0) is 20.5. The predicted molar refractivity (Wildman–Crippen MR) is 110 cm³/mol. The Morgan fingerprint density at radius 3 is 2.48 bits per heavy atom. The number of carbonyl (C=O) groups is 1. The van der Waals surface area contributed by atoms with Crippen LogP contribution in [0.5, 0.6) is 11.5 Å². The van der Waals surface area contributed by atoms with E-state index in [0.717, 1.165) is 11.5 Å². The third-order valence-electron chi connectivity index (χ3n) is 4.03. The highest BCUT2D eigenvalue weighted by Gasteiger charge is 2.08. The second kappa shape index (κ2) is 9.76. The molecule has 0 aliphatic heterocycles. The average molecular weight is 388 g/mol. The van der Waals surface area contributed by atoms with E-state index in [1.54, 1.807) is 49.7 Å². The maximum absolute atomic E-state index is 12.4. The summed E-state index contributed by atoms with van der Waals surface area (Å²) in [6.07, 6.45) is 1.57. The molecule has 0 spiro atoms. The van der Waals surface area contributed by atoms with Crippen molar-refractivity contribution in [1.29, 1.82) is 5.26 Å². The molecule has 0 saturated heterocycles. The van der Waals surface area contributed by atoms with E-state index in [9.17, 15) is 4.79 Å². The number of rotatable bonds is 8. The molecule has 2 N–H and O–H groups in total. The minimum absolute atomic E-state index is 0.255. The summed E-state index contributed by atoms with van der Waals surface area (Å²) in [6.45, 7) is 0.968. The molecule has 29 heavy (non-hydrogen) atoms. The molecule has 7 heteroatoms. The fourth-order valence-corrected chi connectivity index (χ4v) is 2.52. The molecule has 0 bridgehead atoms. The van der Waals surface area contributed by atoms with Gasteiger partial charge in [-0.2, -0.15) is 5.26 Å². The van der Waals surface area contributed by atoms with Crippen molar-refractivity contribution in [3.63, 3.8) is 0 Å². The van der Waals surface area contributed by atoms with Crippen LogP contribution in [-0.2, 0) is 0 Å². The molecule has 0 radical (unpaired) electrons. The van der Waals surface area contributed by atoms with Crippen LogP contribution in [-0.4, -0.2) is 31.2 Å². The summed E-state index contributed by atoms with van der Waals surface area (Å²) in [5.41, 5.74) is 1.63. The lowest BCUT2D eigenvalue weighted by Crippen LogP contribution is -2.15. The van der Waals surface area contributed by atoms with Gasteiger partial charge in [0.25, 0.3) is 5.91 Å². The van der Waals surface area contributed by atoms with Crippen LogP contribution in [0.15, 0.2) is 66.9 Å². The van der Waals surface area contributed by atoms with Crippen LogP contribution in [0.25, 0.3) is 0 Å². The zero-order valence-corrected chi connectivity index (χ0v) is 15.9. The van der Waals surface area contributed by atoms with Crippen molar-refractivity contribution in [3.8, 4) is 17.6 Å². The molecule has 2 aromatic carbocycles. The van der Waals surface area contributed by atoms with Crippen LogP contribution in [0, 0.1) is 11.3 Å². The van der Waals surface area contributed by atoms with Crippen molar-refractivity contribution >= 4 is 17.4 Å². The molecule has 146 valence electrons. The molecule has 3 aromatic rings. The number of nitriles is 1. The van der Waals surface area contributed by atoms with Gasteiger partial charge in [0.1, 0.15) is 23.9 Å². The van der Waals surface area contributed by atoms with Crippen LogP contribution >= 0.6 is 0 Å². The molecule has 3 rings (SSSR count). The molecular weight excluding hydrogens is 368 g/mol. The highest BCUT2D eigenvalue weighted by atomic mass is 16.5. The Bertz CT molecular complexity index is 996. The normalized spacial score (nSPS) is 9.93. The van der Waals surface area contributed by atoms with Crippen LogP contribution in [0.1, 0.15) is 15.9 Å². The van der Waals surface area contributed by atoms with Crippen molar-refractivity contribution in [1.82, 2.24) is 4.98 Å². The fourth-order valence-electron chi connectivity index (χ4n) is 2.52. The zero-order valence-electron chi connectivity index (χ0n) is 15.9. The van der Waals surface area contributed by atoms with E-state index in [1.807, 2.05) is 30.3 Å². The molecular formula is C22H20N4O3. The molecule has 7 nitrogen and oxygen atoms in total. The number of methoxy groups -OCH3 is 1. The Morgan fingerprint density at radius 2 is 1.79 bits per heavy atom. The van der Waals surface area contributed by atoms with Crippen LogP contribution in [0.3, 0.4) is 0 Å². The second-order valence-corrected chi connectivity index (χ2v) is 6.02. The van der Waals surface area contributed by atoms with Crippen molar-refractivity contribution in [2.45, 2.75) is 0 Å². The summed E-state index contributed by atoms with van der Waals surface area (Å²) in [4.78, 5) is 16.6. The van der Waals surface area contributed by atoms with E-state index in [4.69, 9.17) is 14.7 Å². The standard InChI is InChI=1S/C22H20N4O3/c1-28-19-6-8-20(9-7-19)29-13-12-25-21-14-17(10-11-24-21)22(27)26-18-4-2-16(15-23)3-5-18/h2-11,14H,12-13H2,1H3,(H,24,25)(H,26,27). The SMILES string of the molecule is COc1ccc(OCCNc2cc(C(=O)Nc3ccc(C#N)cc3)ccn2)cc1. The Kier molecular flexibility index (Phi) is 6.63. The molecule has 0 aliphatic carbocycles. The highest BCUT2D eigenvalue weighted by molar-refractivity contribution is 6.04. The van der Waals surface area contributed by atoms with Gasteiger partial charge in [0.2, 0.25) is 0 Å². The number of aromatic nitrogens is 1. The van der Waals surface area contributed by atoms with Gasteiger partial charge < -0.3 is 20.1 Å². The maximum atomic E-state index is 12.4. The van der Waals surface area contributed by atoms with Crippen molar-refractivity contribution in [2.75, 3.05) is 30.9 Å². The predicted octanol–water partition coefficient (Wildman–Crippen LogP) is 3.71. The maximum Gasteiger partial charge on any atom is 0.255 e. The fraction of sp³-hybridized carbons (Fsp3) is 0.136. The molecule has 0 aliphatic rings. The average Bonchev–Trinajstić information content (AvgIpc) is 2.78. The summed E-state index contributed by atoms with van der Waals surface area (Å²) < 4.78 is 10.8. The number of benzene rings is 2. The number of amides is 1. The van der Waals surface area contributed by atoms with Gasteiger partial charge in [-0.3, -0.25) is 4.79 Å². The Hall–Kier alpha value is -4.05. The third kappa shape index (κ3) is 5.71. The molecule has 0 atom stereocenters. The van der Waals surface area contributed by atoms with E-state index < -0.39 is 0 Å². The lowest BCUT2D eigenvalue weighted by atomic mass is 10.2. The number of hydrogen-bond acceptors (Lipinski definition) is 6. The number of ether oxygens (including phenoxy) is 2. The lowest BCUT2D eigenvalue weighted by Gasteiger charge is -2.10.